The molecule has 3 heterocycles. The molecule has 2 aliphatic rings. The molecule has 1 aromatic carbocycles. The first-order valence-electron chi connectivity index (χ1n) is 11.7. The van der Waals surface area contributed by atoms with Crippen molar-refractivity contribution in [3.05, 3.63) is 52.3 Å². The second-order valence-electron chi connectivity index (χ2n) is 8.88. The Bertz CT molecular complexity index is 1140. The molecule has 1 saturated heterocycles. The van der Waals surface area contributed by atoms with Gasteiger partial charge in [0, 0.05) is 30.8 Å². The average molecular weight is 515 g/mol. The molecule has 1 N–H and O–H groups in total. The Morgan fingerprint density at radius 1 is 1.19 bits per heavy atom. The zero-order chi connectivity index (χ0) is 26.2. The first-order valence-corrected chi connectivity index (χ1v) is 11.7. The molecule has 196 valence electrons. The van der Waals surface area contributed by atoms with Crippen molar-refractivity contribution >= 4 is 12.0 Å². The number of carbonyl (C=O) groups is 2. The van der Waals surface area contributed by atoms with Gasteiger partial charge in [-0.25, -0.2) is 13.6 Å². The molecule has 2 aliphatic heterocycles. The quantitative estimate of drug-likeness (QED) is 0.557. The highest BCUT2D eigenvalue weighted by molar-refractivity contribution is 5.94. The average Bonchev–Trinajstić information content (AvgIpc) is 3.40. The molecule has 0 spiro atoms. The van der Waals surface area contributed by atoms with Crippen LogP contribution >= 0.6 is 0 Å². The van der Waals surface area contributed by atoms with Crippen molar-refractivity contribution < 1.29 is 41.0 Å². The smallest absolute Gasteiger partial charge is 0.408 e. The number of likely N-dealkylation sites (tertiary alicyclic amines) is 1. The van der Waals surface area contributed by atoms with Gasteiger partial charge in [-0.15, -0.1) is 0 Å². The van der Waals surface area contributed by atoms with Crippen molar-refractivity contribution in [3.8, 4) is 5.75 Å². The molecule has 2 atom stereocenters. The summed E-state index contributed by atoms with van der Waals surface area (Å²) in [6.45, 7) is 4.92. The predicted octanol–water partition coefficient (Wildman–Crippen LogP) is 5.18. The minimum absolute atomic E-state index is 0.0259. The molecule has 0 unspecified atom stereocenters. The fourth-order valence-electron chi connectivity index (χ4n) is 4.67. The van der Waals surface area contributed by atoms with Crippen LogP contribution in [0.1, 0.15) is 66.5 Å². The molecule has 0 aliphatic carbocycles. The molecule has 1 fully saturated rings. The Kier molecular flexibility index (Phi) is 7.26. The first-order chi connectivity index (χ1) is 17.0. The predicted molar refractivity (Wildman–Crippen MR) is 117 cm³/mol. The number of carbonyl (C=O) groups excluding carboxylic acids is 2. The molecular weight excluding hydrogens is 489 g/mol. The van der Waals surface area contributed by atoms with E-state index in [4.69, 9.17) is 9.47 Å². The van der Waals surface area contributed by atoms with Gasteiger partial charge in [0.05, 0.1) is 30.5 Å². The van der Waals surface area contributed by atoms with Gasteiger partial charge in [-0.3, -0.25) is 4.79 Å². The van der Waals surface area contributed by atoms with Crippen LogP contribution in [0.25, 0.3) is 0 Å². The van der Waals surface area contributed by atoms with Gasteiger partial charge in [-0.05, 0) is 38.3 Å². The van der Waals surface area contributed by atoms with E-state index in [9.17, 15) is 31.5 Å². The summed E-state index contributed by atoms with van der Waals surface area (Å²) in [6.07, 6.45) is -4.24. The lowest BCUT2D eigenvalue weighted by molar-refractivity contribution is -0.138. The van der Waals surface area contributed by atoms with Crippen LogP contribution in [-0.2, 0) is 24.1 Å². The standard InChI is InChI=1S/C24H26F5N3O4/c1-3-17(21-15(25)9-14(10-16(21)26)24(27,28)29)30-23(34)36-20-11-18(32-7-8-35-12-19(20)32)22(33)31-6-4-5-13(31)2/h9-11,13,17H,3-8,12H2,1-2H3,(H,30,34)/t13-,17+/m0/s1. The number of amides is 2. The van der Waals surface area contributed by atoms with E-state index in [0.29, 0.717) is 31.1 Å². The molecular formula is C24H26F5N3O4. The minimum Gasteiger partial charge on any atom is -0.408 e. The number of hydrogen-bond acceptors (Lipinski definition) is 4. The van der Waals surface area contributed by atoms with Gasteiger partial charge in [0.25, 0.3) is 5.91 Å². The molecule has 1 aromatic heterocycles. The highest BCUT2D eigenvalue weighted by atomic mass is 19.4. The topological polar surface area (TPSA) is 72.8 Å². The number of benzene rings is 1. The van der Waals surface area contributed by atoms with E-state index in [1.807, 2.05) is 6.92 Å². The van der Waals surface area contributed by atoms with E-state index in [0.717, 1.165) is 12.8 Å². The van der Waals surface area contributed by atoms with Gasteiger partial charge < -0.3 is 24.3 Å². The Balaban J connectivity index is 1.55. The maximum absolute atomic E-state index is 14.5. The first kappa shape index (κ1) is 25.9. The van der Waals surface area contributed by atoms with Gasteiger partial charge in [0.1, 0.15) is 17.3 Å². The van der Waals surface area contributed by atoms with E-state index >= 15 is 0 Å². The zero-order valence-corrected chi connectivity index (χ0v) is 19.8. The highest BCUT2D eigenvalue weighted by Gasteiger charge is 2.35. The monoisotopic (exact) mass is 515 g/mol. The maximum atomic E-state index is 14.5. The third-order valence-electron chi connectivity index (χ3n) is 6.56. The molecule has 12 heteroatoms. The largest absolute Gasteiger partial charge is 0.416 e. The van der Waals surface area contributed by atoms with Crippen LogP contribution < -0.4 is 10.1 Å². The van der Waals surface area contributed by atoms with E-state index < -0.39 is 41.1 Å². The van der Waals surface area contributed by atoms with Crippen molar-refractivity contribution in [1.29, 1.82) is 0 Å². The van der Waals surface area contributed by atoms with Crippen molar-refractivity contribution in [3.63, 3.8) is 0 Å². The van der Waals surface area contributed by atoms with Crippen LogP contribution in [0.2, 0.25) is 0 Å². The molecule has 2 amide bonds. The van der Waals surface area contributed by atoms with Gasteiger partial charge in [0.2, 0.25) is 0 Å². The van der Waals surface area contributed by atoms with Crippen molar-refractivity contribution in [2.75, 3.05) is 13.2 Å². The highest BCUT2D eigenvalue weighted by Crippen LogP contribution is 2.34. The Hall–Kier alpha value is -3.15. The fourth-order valence-corrected chi connectivity index (χ4v) is 4.67. The fraction of sp³-hybridized carbons (Fsp3) is 0.500. The number of alkyl halides is 3. The maximum Gasteiger partial charge on any atom is 0.416 e. The van der Waals surface area contributed by atoms with Crippen molar-refractivity contribution in [2.24, 2.45) is 0 Å². The van der Waals surface area contributed by atoms with E-state index in [-0.39, 0.29) is 42.9 Å². The number of ether oxygens (including phenoxy) is 2. The lowest BCUT2D eigenvalue weighted by Gasteiger charge is -2.24. The van der Waals surface area contributed by atoms with Gasteiger partial charge >= 0.3 is 12.3 Å². The van der Waals surface area contributed by atoms with E-state index in [1.54, 1.807) is 9.47 Å². The summed E-state index contributed by atoms with van der Waals surface area (Å²) in [5.74, 6) is -3.00. The summed E-state index contributed by atoms with van der Waals surface area (Å²) in [5, 5.41) is 2.31. The van der Waals surface area contributed by atoms with E-state index in [1.165, 1.54) is 13.0 Å². The number of hydrogen-bond donors (Lipinski definition) is 1. The number of fused-ring (bicyclic) bond motifs is 1. The second kappa shape index (κ2) is 10.1. The lowest BCUT2D eigenvalue weighted by atomic mass is 10.0. The number of nitrogens with one attached hydrogen (secondary N) is 1. The van der Waals surface area contributed by atoms with Crippen LogP contribution in [0, 0.1) is 11.6 Å². The summed E-state index contributed by atoms with van der Waals surface area (Å²) < 4.78 is 80.1. The Labute approximate surface area is 204 Å². The van der Waals surface area contributed by atoms with E-state index in [2.05, 4.69) is 5.32 Å². The number of halogens is 5. The van der Waals surface area contributed by atoms with Crippen LogP contribution in [0.15, 0.2) is 18.2 Å². The molecule has 0 saturated carbocycles. The van der Waals surface area contributed by atoms with Gasteiger partial charge in [0.15, 0.2) is 5.75 Å². The molecule has 0 bridgehead atoms. The summed E-state index contributed by atoms with van der Waals surface area (Å²) >= 11 is 0. The zero-order valence-electron chi connectivity index (χ0n) is 19.8. The van der Waals surface area contributed by atoms with Crippen LogP contribution in [0.5, 0.6) is 5.75 Å². The van der Waals surface area contributed by atoms with Crippen molar-refractivity contribution in [1.82, 2.24) is 14.8 Å². The third kappa shape index (κ3) is 5.04. The van der Waals surface area contributed by atoms with Crippen molar-refractivity contribution in [2.45, 2.75) is 64.5 Å². The minimum atomic E-state index is -4.92. The number of aromatic nitrogens is 1. The molecule has 0 radical (unpaired) electrons. The SMILES string of the molecule is CC[C@@H](NC(=O)Oc1cc(C(=O)N2CCC[C@@H]2C)n2c1COCC2)c1c(F)cc(C(F)(F)F)cc1F. The normalized spacial score (nSPS) is 18.6. The summed E-state index contributed by atoms with van der Waals surface area (Å²) in [5.41, 5.74) is -1.37. The molecule has 4 rings (SSSR count). The van der Waals surface area contributed by atoms with Gasteiger partial charge in [-0.1, -0.05) is 6.92 Å². The molecule has 36 heavy (non-hydrogen) atoms. The van der Waals surface area contributed by atoms with Crippen LogP contribution in [0.3, 0.4) is 0 Å². The van der Waals surface area contributed by atoms with Crippen LogP contribution in [-0.4, -0.2) is 40.7 Å². The Morgan fingerprint density at radius 3 is 2.47 bits per heavy atom. The molecule has 2 aromatic rings. The molecule has 7 nitrogen and oxygen atoms in total. The van der Waals surface area contributed by atoms with Gasteiger partial charge in [-0.2, -0.15) is 13.2 Å². The lowest BCUT2D eigenvalue weighted by Crippen LogP contribution is -2.35. The summed E-state index contributed by atoms with van der Waals surface area (Å²) in [7, 11) is 0. The van der Waals surface area contributed by atoms with Crippen LogP contribution in [0.4, 0.5) is 26.7 Å². The number of rotatable bonds is 5. The second-order valence-corrected chi connectivity index (χ2v) is 8.88. The number of nitrogens with zero attached hydrogens (tertiary/aromatic N) is 2. The summed E-state index contributed by atoms with van der Waals surface area (Å²) in [4.78, 5) is 27.6. The summed E-state index contributed by atoms with van der Waals surface area (Å²) in [6, 6.07) is 0.604. The third-order valence-corrected chi connectivity index (χ3v) is 6.56. The Morgan fingerprint density at radius 2 is 1.89 bits per heavy atom.